The molecule has 22 nitrogen and oxygen atoms in total. The van der Waals surface area contributed by atoms with Gasteiger partial charge in [-0.05, 0) is 157 Å². The van der Waals surface area contributed by atoms with Gasteiger partial charge in [-0.1, -0.05) is 19.7 Å². The number of nitrogens with zero attached hydrogens (tertiary/aromatic N) is 15. The molecule has 10 heterocycles. The summed E-state index contributed by atoms with van der Waals surface area (Å²) in [6, 6.07) is 3.94. The Labute approximate surface area is 476 Å². The van der Waals surface area contributed by atoms with Crippen molar-refractivity contribution in [2.75, 3.05) is 5.32 Å². The molecule has 0 saturated heterocycles. The van der Waals surface area contributed by atoms with E-state index < -0.39 is 0 Å². The van der Waals surface area contributed by atoms with E-state index in [4.69, 9.17) is 0 Å². The van der Waals surface area contributed by atoms with Gasteiger partial charge >= 0.3 is 0 Å². The number of carbonyl (C=O) groups is 2. The SMILES string of the molecule is C=C1N=C(C)C(C)=CN1C(C)C.C=C1NC(=O)C(C)=CN1C(C)C.C=C1NC(=O)c2ncn(C(C)(C)C)c2N1.Cc1nc(C)c2ccn(C(C)C)c2n1.Cc1nc(C)c2ncn(C(C)C)c2n1.Cc1nc2c(ncn2C(C)C)c(=O)[nH]1. The van der Waals surface area contributed by atoms with E-state index in [0.717, 1.165) is 62.3 Å². The molecule has 22 heteroatoms. The number of nitrogens with one attached hydrogen (secondary N) is 4. The molecule has 3 aliphatic rings. The highest BCUT2D eigenvalue weighted by atomic mass is 16.2. The van der Waals surface area contributed by atoms with Crippen molar-refractivity contribution < 1.29 is 9.59 Å². The Balaban J connectivity index is 0.000000179. The molecule has 81 heavy (non-hydrogen) atoms. The second-order valence-corrected chi connectivity index (χ2v) is 22.4. The van der Waals surface area contributed by atoms with Gasteiger partial charge < -0.3 is 49.0 Å². The first-order valence-electron chi connectivity index (χ1n) is 27.2. The summed E-state index contributed by atoms with van der Waals surface area (Å²) in [5.74, 6) is 4.68. The van der Waals surface area contributed by atoms with Crippen molar-refractivity contribution in [1.29, 1.82) is 0 Å². The maximum Gasteiger partial charge on any atom is 0.279 e. The van der Waals surface area contributed by atoms with Gasteiger partial charge in [0, 0.05) is 71.0 Å². The molecule has 0 atom stereocenters. The Morgan fingerprint density at radius 2 is 1.07 bits per heavy atom. The minimum atomic E-state index is -0.211. The monoisotopic (exact) mass is 1110 g/mol. The minimum absolute atomic E-state index is 0.0584. The molecule has 10 rings (SSSR count). The summed E-state index contributed by atoms with van der Waals surface area (Å²) >= 11 is 0. The van der Waals surface area contributed by atoms with Crippen LogP contribution >= 0.6 is 0 Å². The number of fused-ring (bicyclic) bond motifs is 4. The molecule has 0 saturated carbocycles. The number of aliphatic imine (C=N–C) groups is 1. The number of carbonyl (C=O) groups excluding carboxylic acids is 2. The highest BCUT2D eigenvalue weighted by Gasteiger charge is 2.28. The molecule has 0 unspecified atom stereocenters. The van der Waals surface area contributed by atoms with E-state index in [1.165, 1.54) is 5.57 Å². The van der Waals surface area contributed by atoms with Gasteiger partial charge in [0.1, 0.15) is 51.9 Å². The van der Waals surface area contributed by atoms with Crippen LogP contribution in [0.4, 0.5) is 5.82 Å². The van der Waals surface area contributed by atoms with E-state index in [1.807, 2.05) is 110 Å². The largest absolute Gasteiger partial charge is 0.332 e. The highest BCUT2D eigenvalue weighted by Crippen LogP contribution is 2.27. The lowest BCUT2D eigenvalue weighted by atomic mass is 10.1. The van der Waals surface area contributed by atoms with E-state index in [0.29, 0.717) is 64.3 Å². The van der Waals surface area contributed by atoms with Crippen LogP contribution in [0.3, 0.4) is 0 Å². The van der Waals surface area contributed by atoms with E-state index in [1.54, 1.807) is 26.5 Å². The van der Waals surface area contributed by atoms with Gasteiger partial charge in [-0.2, -0.15) is 0 Å². The standard InChI is InChI=1S/C11H15N3.C10H14N4O.C10H14N4.C10H16N2.C9H12N4O.C9H14N2O/c1-7(2)14-6-5-10-8(3)12-9(4)13-11(10)14;1-6-12-8-7(9(15)13-6)11-5-14(8)10(2,3)4;1-6(2)14-5-11-9-7(3)12-8(4)13-10(9)14;1-7(2)12-6-8(3)9(4)11-10(12)5;1-5(2)13-4-10-7-8(13)11-6(3)12-9(7)14;1-6(2)11-5-7(3)9(12)10-8(11)4/h5-7H,1-4H3;5,12H,1H2,2-4H3,(H,13,15);5-6H,1-4H3;6-7H,5H2,1-4H3;4-5H,1-3H3,(H,11,12,14);5-6H,4H2,1-3H3,(H,10,12). The fourth-order valence-electron chi connectivity index (χ4n) is 8.50. The van der Waals surface area contributed by atoms with Gasteiger partial charge in [-0.15, -0.1) is 0 Å². The number of hydrogen-bond donors (Lipinski definition) is 4. The third-order valence-corrected chi connectivity index (χ3v) is 12.9. The number of H-pyrrole nitrogens is 1. The van der Waals surface area contributed by atoms with Crippen LogP contribution in [-0.2, 0) is 10.3 Å². The molecule has 3 aliphatic heterocycles. The average Bonchev–Trinajstić information content (AvgIpc) is 4.20. The van der Waals surface area contributed by atoms with Crippen LogP contribution in [0.2, 0.25) is 0 Å². The van der Waals surface area contributed by atoms with Crippen molar-refractivity contribution in [3.8, 4) is 0 Å². The number of hydrogen-bond acceptors (Lipinski definition) is 15. The summed E-state index contributed by atoms with van der Waals surface area (Å²) in [6.45, 7) is 53.9. The summed E-state index contributed by atoms with van der Waals surface area (Å²) < 4.78 is 8.05. The Morgan fingerprint density at radius 1 is 0.543 bits per heavy atom. The number of amides is 2. The Morgan fingerprint density at radius 3 is 1.63 bits per heavy atom. The molecule has 0 fully saturated rings. The average molecular weight is 1110 g/mol. The molecule has 0 aromatic carbocycles. The lowest BCUT2D eigenvalue weighted by molar-refractivity contribution is -0.117. The van der Waals surface area contributed by atoms with Crippen LogP contribution in [0.25, 0.3) is 33.4 Å². The highest BCUT2D eigenvalue weighted by molar-refractivity contribution is 6.01. The first kappa shape index (κ1) is 63.3. The quantitative estimate of drug-likeness (QED) is 0.125. The van der Waals surface area contributed by atoms with Gasteiger partial charge in [0.05, 0.1) is 30.4 Å². The summed E-state index contributed by atoms with van der Waals surface area (Å²) in [5.41, 5.74) is 9.09. The third kappa shape index (κ3) is 15.4. The van der Waals surface area contributed by atoms with Crippen LogP contribution < -0.4 is 21.5 Å². The molecular weight excluding hydrogens is 1020 g/mol. The van der Waals surface area contributed by atoms with Crippen LogP contribution in [0.5, 0.6) is 0 Å². The molecule has 7 aromatic heterocycles. The predicted molar refractivity (Wildman–Crippen MR) is 324 cm³/mol. The molecule has 2 amide bonds. The maximum atomic E-state index is 11.5. The number of aromatic amines is 1. The lowest BCUT2D eigenvalue weighted by Gasteiger charge is -2.31. The fourth-order valence-corrected chi connectivity index (χ4v) is 8.50. The molecule has 0 spiro atoms. The number of allylic oxidation sites excluding steroid dienone is 1. The van der Waals surface area contributed by atoms with Gasteiger partial charge in [0.2, 0.25) is 0 Å². The Kier molecular flexibility index (Phi) is 20.4. The molecule has 0 aliphatic carbocycles. The zero-order valence-electron chi connectivity index (χ0n) is 51.5. The molecule has 4 N–H and O–H groups in total. The van der Waals surface area contributed by atoms with E-state index in [2.05, 4.69) is 166 Å². The van der Waals surface area contributed by atoms with Crippen molar-refractivity contribution in [3.63, 3.8) is 0 Å². The van der Waals surface area contributed by atoms with Gasteiger partial charge in [-0.25, -0.2) is 44.9 Å². The maximum absolute atomic E-state index is 11.5. The zero-order valence-corrected chi connectivity index (χ0v) is 51.5. The molecule has 434 valence electrons. The van der Waals surface area contributed by atoms with Crippen LogP contribution in [-0.4, -0.2) is 103 Å². The lowest BCUT2D eigenvalue weighted by Crippen LogP contribution is -2.40. The Bertz CT molecular complexity index is 3520. The molecule has 0 radical (unpaired) electrons. The smallest absolute Gasteiger partial charge is 0.279 e. The summed E-state index contributed by atoms with van der Waals surface area (Å²) in [7, 11) is 0. The van der Waals surface area contributed by atoms with Crippen molar-refractivity contribution in [2.24, 2.45) is 4.99 Å². The first-order chi connectivity index (χ1) is 37.7. The second-order valence-electron chi connectivity index (χ2n) is 22.4. The van der Waals surface area contributed by atoms with Crippen LogP contribution in [0, 0.1) is 34.6 Å². The van der Waals surface area contributed by atoms with E-state index in [-0.39, 0.29) is 29.0 Å². The van der Waals surface area contributed by atoms with Crippen molar-refractivity contribution >= 4 is 56.7 Å². The summed E-state index contributed by atoms with van der Waals surface area (Å²) in [5, 5.41) is 9.44. The Hall–Kier alpha value is -8.56. The topological polar surface area (TPSA) is 245 Å². The number of aryl methyl sites for hydroxylation is 5. The fraction of sp³-hybridized carbons (Fsp3) is 0.458. The number of imidazole rings is 3. The normalized spacial score (nSPS) is 14.2. The van der Waals surface area contributed by atoms with E-state index >= 15 is 0 Å². The summed E-state index contributed by atoms with van der Waals surface area (Å²) in [4.78, 5) is 79.3. The van der Waals surface area contributed by atoms with Crippen molar-refractivity contribution in [1.82, 2.24) is 83.6 Å². The predicted octanol–water partition coefficient (Wildman–Crippen LogP) is 10.7. The molecular formula is C59H85N19O3. The van der Waals surface area contributed by atoms with Crippen LogP contribution in [0.15, 0.2) is 102 Å². The summed E-state index contributed by atoms with van der Waals surface area (Å²) in [6.07, 6.45) is 11.2. The number of aromatic nitrogens is 13. The second kappa shape index (κ2) is 26.1. The van der Waals surface area contributed by atoms with Gasteiger partial charge in [0.25, 0.3) is 17.4 Å². The number of anilines is 1. The van der Waals surface area contributed by atoms with Crippen LogP contribution in [0.1, 0.15) is 168 Å². The van der Waals surface area contributed by atoms with E-state index in [9.17, 15) is 14.4 Å². The molecule has 7 aromatic rings. The van der Waals surface area contributed by atoms with Gasteiger partial charge in [-0.3, -0.25) is 14.4 Å². The molecule has 0 bridgehead atoms. The first-order valence-corrected chi connectivity index (χ1v) is 27.2. The minimum Gasteiger partial charge on any atom is -0.332 e. The third-order valence-electron chi connectivity index (χ3n) is 12.9. The van der Waals surface area contributed by atoms with Crippen molar-refractivity contribution in [3.05, 3.63) is 137 Å². The van der Waals surface area contributed by atoms with Gasteiger partial charge in [0.15, 0.2) is 22.5 Å². The number of rotatable bonds is 5. The van der Waals surface area contributed by atoms with Crippen molar-refractivity contribution in [2.45, 2.75) is 181 Å². The zero-order chi connectivity index (χ0) is 60.7.